The molecule has 0 spiro atoms. The van der Waals surface area contributed by atoms with E-state index in [1.54, 1.807) is 0 Å². The van der Waals surface area contributed by atoms with Crippen LogP contribution in [0.15, 0.2) is 0 Å². The predicted molar refractivity (Wildman–Crippen MR) is 70.6 cm³/mol. The van der Waals surface area contributed by atoms with Crippen molar-refractivity contribution < 1.29 is 14.3 Å². The average molecular weight is 258 g/mol. The summed E-state index contributed by atoms with van der Waals surface area (Å²) in [4.78, 5) is 14.2. The molecule has 0 amide bonds. The first-order valence-electron chi connectivity index (χ1n) is 6.76. The Kier molecular flexibility index (Phi) is 6.60. The van der Waals surface area contributed by atoms with Crippen LogP contribution in [0.25, 0.3) is 0 Å². The van der Waals surface area contributed by atoms with Crippen LogP contribution in [0.2, 0.25) is 0 Å². The van der Waals surface area contributed by atoms with E-state index in [4.69, 9.17) is 9.47 Å². The van der Waals surface area contributed by atoms with Gasteiger partial charge in [-0.3, -0.25) is 9.69 Å². The zero-order valence-corrected chi connectivity index (χ0v) is 11.8. The van der Waals surface area contributed by atoms with Crippen molar-refractivity contribution in [2.75, 3.05) is 46.5 Å². The molecule has 1 unspecified atom stereocenters. The quantitative estimate of drug-likeness (QED) is 0.709. The van der Waals surface area contributed by atoms with Crippen molar-refractivity contribution in [3.8, 4) is 0 Å². The summed E-state index contributed by atoms with van der Waals surface area (Å²) in [5.41, 5.74) is -0.630. The van der Waals surface area contributed by atoms with Crippen LogP contribution in [0.5, 0.6) is 0 Å². The van der Waals surface area contributed by atoms with Crippen LogP contribution in [0.1, 0.15) is 26.7 Å². The van der Waals surface area contributed by atoms with E-state index in [0.717, 1.165) is 45.7 Å². The number of nitrogens with zero attached hydrogens (tertiary/aromatic N) is 1. The molecule has 1 atom stereocenters. The fourth-order valence-electron chi connectivity index (χ4n) is 2.22. The first-order valence-corrected chi connectivity index (χ1v) is 6.76. The molecule has 0 bridgehead atoms. The van der Waals surface area contributed by atoms with E-state index in [0.29, 0.717) is 6.54 Å². The molecular formula is C13H26N2O3. The summed E-state index contributed by atoms with van der Waals surface area (Å²) in [6, 6.07) is 0. The molecule has 5 heteroatoms. The van der Waals surface area contributed by atoms with Crippen LogP contribution >= 0.6 is 0 Å². The molecule has 1 saturated heterocycles. The number of methoxy groups -OCH3 is 1. The minimum atomic E-state index is -0.630. The summed E-state index contributed by atoms with van der Waals surface area (Å²) in [6.07, 6.45) is 2.01. The monoisotopic (exact) mass is 258 g/mol. The summed E-state index contributed by atoms with van der Waals surface area (Å²) in [6.45, 7) is 8.89. The van der Waals surface area contributed by atoms with Crippen LogP contribution in [0.4, 0.5) is 0 Å². The SMILES string of the molecule is CCCNC(C)(CN1CCCOCC1)C(=O)OC. The zero-order chi connectivity index (χ0) is 13.4. The number of hydrogen-bond donors (Lipinski definition) is 1. The van der Waals surface area contributed by atoms with E-state index >= 15 is 0 Å². The maximum Gasteiger partial charge on any atom is 0.327 e. The average Bonchev–Trinajstić information content (AvgIpc) is 2.63. The van der Waals surface area contributed by atoms with Crippen molar-refractivity contribution in [2.24, 2.45) is 0 Å². The van der Waals surface area contributed by atoms with Gasteiger partial charge in [0.15, 0.2) is 0 Å². The van der Waals surface area contributed by atoms with Crippen molar-refractivity contribution in [3.05, 3.63) is 0 Å². The Hall–Kier alpha value is -0.650. The maximum absolute atomic E-state index is 12.0. The molecule has 0 aliphatic carbocycles. The van der Waals surface area contributed by atoms with Gasteiger partial charge < -0.3 is 14.8 Å². The van der Waals surface area contributed by atoms with E-state index in [1.165, 1.54) is 7.11 Å². The Labute approximate surface area is 110 Å². The molecule has 0 aromatic rings. The summed E-state index contributed by atoms with van der Waals surface area (Å²) in [7, 11) is 1.44. The lowest BCUT2D eigenvalue weighted by Gasteiger charge is -2.33. The lowest BCUT2D eigenvalue weighted by atomic mass is 10.0. The predicted octanol–water partition coefficient (Wildman–Crippen LogP) is 0.640. The fraction of sp³-hybridized carbons (Fsp3) is 0.923. The third-order valence-electron chi connectivity index (χ3n) is 3.26. The molecule has 1 aliphatic heterocycles. The van der Waals surface area contributed by atoms with Crippen molar-refractivity contribution in [2.45, 2.75) is 32.2 Å². The molecule has 1 N–H and O–H groups in total. The molecule has 0 radical (unpaired) electrons. The molecule has 1 fully saturated rings. The van der Waals surface area contributed by atoms with Gasteiger partial charge >= 0.3 is 5.97 Å². The topological polar surface area (TPSA) is 50.8 Å². The first-order chi connectivity index (χ1) is 8.62. The smallest absolute Gasteiger partial charge is 0.327 e. The number of carbonyl (C=O) groups excluding carboxylic acids is 1. The molecule has 18 heavy (non-hydrogen) atoms. The second-order valence-corrected chi connectivity index (χ2v) is 4.99. The normalized spacial score (nSPS) is 21.1. The number of carbonyl (C=O) groups is 1. The number of nitrogens with one attached hydrogen (secondary N) is 1. The minimum absolute atomic E-state index is 0.193. The lowest BCUT2D eigenvalue weighted by Crippen LogP contribution is -2.57. The van der Waals surface area contributed by atoms with Gasteiger partial charge in [0, 0.05) is 26.2 Å². The van der Waals surface area contributed by atoms with E-state index in [9.17, 15) is 4.79 Å². The van der Waals surface area contributed by atoms with Gasteiger partial charge in [-0.1, -0.05) is 6.92 Å². The Morgan fingerprint density at radius 2 is 2.22 bits per heavy atom. The van der Waals surface area contributed by atoms with Crippen LogP contribution in [-0.4, -0.2) is 62.9 Å². The Morgan fingerprint density at radius 3 is 2.89 bits per heavy atom. The summed E-state index contributed by atoms with van der Waals surface area (Å²) in [5, 5.41) is 3.31. The fourth-order valence-corrected chi connectivity index (χ4v) is 2.22. The molecule has 0 saturated carbocycles. The molecule has 5 nitrogen and oxygen atoms in total. The molecule has 1 aliphatic rings. The van der Waals surface area contributed by atoms with E-state index in [1.807, 2.05) is 6.92 Å². The van der Waals surface area contributed by atoms with Crippen LogP contribution in [0.3, 0.4) is 0 Å². The van der Waals surface area contributed by atoms with Crippen LogP contribution in [0, 0.1) is 0 Å². The lowest BCUT2D eigenvalue weighted by molar-refractivity contribution is -0.148. The Morgan fingerprint density at radius 1 is 1.44 bits per heavy atom. The molecule has 0 aromatic heterocycles. The van der Waals surface area contributed by atoms with E-state index in [-0.39, 0.29) is 5.97 Å². The van der Waals surface area contributed by atoms with Gasteiger partial charge in [-0.25, -0.2) is 0 Å². The standard InChI is InChI=1S/C13H26N2O3/c1-4-6-14-13(2,12(16)17-3)11-15-7-5-9-18-10-8-15/h14H,4-11H2,1-3H3. The number of hydrogen-bond acceptors (Lipinski definition) is 5. The van der Waals surface area contributed by atoms with Gasteiger partial charge in [-0.05, 0) is 26.3 Å². The van der Waals surface area contributed by atoms with Crippen LogP contribution in [-0.2, 0) is 14.3 Å². The third-order valence-corrected chi connectivity index (χ3v) is 3.26. The number of rotatable bonds is 6. The van der Waals surface area contributed by atoms with Gasteiger partial charge in [-0.15, -0.1) is 0 Å². The van der Waals surface area contributed by atoms with E-state index in [2.05, 4.69) is 17.1 Å². The molecule has 1 heterocycles. The van der Waals surface area contributed by atoms with Gasteiger partial charge in [-0.2, -0.15) is 0 Å². The molecular weight excluding hydrogens is 232 g/mol. The summed E-state index contributed by atoms with van der Waals surface area (Å²) >= 11 is 0. The molecule has 0 aromatic carbocycles. The Balaban J connectivity index is 2.60. The molecule has 1 rings (SSSR count). The highest BCUT2D eigenvalue weighted by Gasteiger charge is 2.35. The van der Waals surface area contributed by atoms with Crippen molar-refractivity contribution in [1.29, 1.82) is 0 Å². The summed E-state index contributed by atoms with van der Waals surface area (Å²) in [5.74, 6) is -0.193. The second kappa shape index (κ2) is 7.71. The van der Waals surface area contributed by atoms with E-state index < -0.39 is 5.54 Å². The minimum Gasteiger partial charge on any atom is -0.468 e. The van der Waals surface area contributed by atoms with Crippen molar-refractivity contribution in [3.63, 3.8) is 0 Å². The van der Waals surface area contributed by atoms with Gasteiger partial charge in [0.25, 0.3) is 0 Å². The van der Waals surface area contributed by atoms with Gasteiger partial charge in [0.2, 0.25) is 0 Å². The van der Waals surface area contributed by atoms with Crippen molar-refractivity contribution >= 4 is 5.97 Å². The second-order valence-electron chi connectivity index (χ2n) is 4.99. The highest BCUT2D eigenvalue weighted by atomic mass is 16.5. The van der Waals surface area contributed by atoms with Crippen LogP contribution < -0.4 is 5.32 Å². The highest BCUT2D eigenvalue weighted by molar-refractivity contribution is 5.80. The van der Waals surface area contributed by atoms with Gasteiger partial charge in [0.1, 0.15) is 5.54 Å². The highest BCUT2D eigenvalue weighted by Crippen LogP contribution is 2.11. The third kappa shape index (κ3) is 4.55. The Bertz CT molecular complexity index is 253. The number of ether oxygens (including phenoxy) is 2. The largest absolute Gasteiger partial charge is 0.468 e. The zero-order valence-electron chi connectivity index (χ0n) is 11.8. The first kappa shape index (κ1) is 15.4. The van der Waals surface area contributed by atoms with Crippen molar-refractivity contribution in [1.82, 2.24) is 10.2 Å². The maximum atomic E-state index is 12.0. The summed E-state index contributed by atoms with van der Waals surface area (Å²) < 4.78 is 10.4. The van der Waals surface area contributed by atoms with Gasteiger partial charge in [0.05, 0.1) is 13.7 Å². The molecule has 106 valence electrons. The number of esters is 1.